The molecule has 1 heterocycles. The van der Waals surface area contributed by atoms with E-state index in [1.165, 1.54) is 11.1 Å². The highest BCUT2D eigenvalue weighted by Gasteiger charge is 2.15. The molecule has 2 heteroatoms. The number of fused-ring (bicyclic) bond motifs is 1. The fourth-order valence-corrected chi connectivity index (χ4v) is 1.40. The molecule has 54 valence electrons. The molecule has 1 aliphatic heterocycles. The number of hydrogen-bond donors (Lipinski definition) is 0. The molecule has 0 radical (unpaired) electrons. The predicted octanol–water partition coefficient (Wildman–Crippen LogP) is 1.48. The third-order valence-electron chi connectivity index (χ3n) is 1.98. The Kier molecular flexibility index (Phi) is 1.29. The second-order valence-corrected chi connectivity index (χ2v) is 2.72. The Morgan fingerprint density at radius 3 is 2.18 bits per heavy atom. The molecule has 0 saturated carbocycles. The highest BCUT2D eigenvalue weighted by atomic mass is 15.1. The molecular weight excluding hydrogens is 136 g/mol. The summed E-state index contributed by atoms with van der Waals surface area (Å²) in [6, 6.07) is 8.18. The van der Waals surface area contributed by atoms with Gasteiger partial charge in [0.05, 0.1) is 13.1 Å². The van der Waals surface area contributed by atoms with Gasteiger partial charge in [0.2, 0.25) is 0 Å². The Bertz CT molecular complexity index is 287. The van der Waals surface area contributed by atoms with Crippen molar-refractivity contribution >= 4 is 0 Å². The lowest BCUT2D eigenvalue weighted by molar-refractivity contribution is 0.417. The number of nitriles is 1. The third kappa shape index (κ3) is 0.947. The van der Waals surface area contributed by atoms with Crippen LogP contribution in [0, 0.1) is 11.5 Å². The summed E-state index contributed by atoms with van der Waals surface area (Å²) in [5.74, 6) is 0. The summed E-state index contributed by atoms with van der Waals surface area (Å²) in [5.41, 5.74) is 2.57. The van der Waals surface area contributed by atoms with Gasteiger partial charge in [0.15, 0.2) is 6.19 Å². The summed E-state index contributed by atoms with van der Waals surface area (Å²) in [5, 5.41) is 8.61. The zero-order valence-electron chi connectivity index (χ0n) is 6.12. The van der Waals surface area contributed by atoms with Crippen LogP contribution in [-0.2, 0) is 13.1 Å². The Hall–Kier alpha value is -1.49. The Morgan fingerprint density at radius 2 is 1.73 bits per heavy atom. The van der Waals surface area contributed by atoms with Gasteiger partial charge < -0.3 is 4.90 Å². The van der Waals surface area contributed by atoms with E-state index >= 15 is 0 Å². The van der Waals surface area contributed by atoms with Gasteiger partial charge in [0.25, 0.3) is 0 Å². The molecule has 0 atom stereocenters. The molecule has 2 nitrogen and oxygen atoms in total. The van der Waals surface area contributed by atoms with E-state index in [1.54, 1.807) is 4.90 Å². The van der Waals surface area contributed by atoms with Crippen LogP contribution in [0.4, 0.5) is 0 Å². The van der Waals surface area contributed by atoms with Crippen molar-refractivity contribution in [3.8, 4) is 6.19 Å². The van der Waals surface area contributed by atoms with Crippen LogP contribution >= 0.6 is 0 Å². The second-order valence-electron chi connectivity index (χ2n) is 2.72. The van der Waals surface area contributed by atoms with Gasteiger partial charge in [0.1, 0.15) is 0 Å². The minimum atomic E-state index is 0.784. The molecular formula is C9H8N2. The molecule has 0 fully saturated rings. The summed E-state index contributed by atoms with van der Waals surface area (Å²) in [6.45, 7) is 1.57. The van der Waals surface area contributed by atoms with Gasteiger partial charge in [-0.3, -0.25) is 0 Å². The second kappa shape index (κ2) is 2.28. The Labute approximate surface area is 65.7 Å². The average molecular weight is 144 g/mol. The lowest BCUT2D eigenvalue weighted by Crippen LogP contribution is -2.06. The molecule has 0 aromatic heterocycles. The van der Waals surface area contributed by atoms with Crippen LogP contribution in [0.25, 0.3) is 0 Å². The van der Waals surface area contributed by atoms with E-state index in [1.807, 2.05) is 12.1 Å². The molecule has 0 unspecified atom stereocenters. The highest BCUT2D eigenvalue weighted by Crippen LogP contribution is 2.20. The smallest absolute Gasteiger partial charge is 0.179 e. The van der Waals surface area contributed by atoms with Crippen molar-refractivity contribution in [3.63, 3.8) is 0 Å². The molecule has 2 rings (SSSR count). The van der Waals surface area contributed by atoms with Crippen LogP contribution in [0.15, 0.2) is 24.3 Å². The van der Waals surface area contributed by atoms with Gasteiger partial charge in [-0.25, -0.2) is 0 Å². The summed E-state index contributed by atoms with van der Waals surface area (Å²) < 4.78 is 0. The first-order valence-electron chi connectivity index (χ1n) is 3.61. The zero-order chi connectivity index (χ0) is 7.68. The van der Waals surface area contributed by atoms with Crippen molar-refractivity contribution in [3.05, 3.63) is 35.4 Å². The minimum Gasteiger partial charge on any atom is -0.302 e. The highest BCUT2D eigenvalue weighted by molar-refractivity contribution is 5.30. The van der Waals surface area contributed by atoms with Gasteiger partial charge in [-0.05, 0) is 11.1 Å². The number of benzene rings is 1. The molecule has 11 heavy (non-hydrogen) atoms. The minimum absolute atomic E-state index is 0.784. The molecule has 0 N–H and O–H groups in total. The molecule has 0 aliphatic carbocycles. The first-order valence-corrected chi connectivity index (χ1v) is 3.61. The third-order valence-corrected chi connectivity index (χ3v) is 1.98. The van der Waals surface area contributed by atoms with Crippen LogP contribution in [0.2, 0.25) is 0 Å². The maximum absolute atomic E-state index is 8.61. The first-order chi connectivity index (χ1) is 5.40. The van der Waals surface area contributed by atoms with Crippen LogP contribution in [-0.4, -0.2) is 4.90 Å². The van der Waals surface area contributed by atoms with Crippen LogP contribution in [0.1, 0.15) is 11.1 Å². The molecule has 0 saturated heterocycles. The zero-order valence-corrected chi connectivity index (χ0v) is 6.12. The molecule has 0 spiro atoms. The van der Waals surface area contributed by atoms with E-state index in [2.05, 4.69) is 18.3 Å². The first kappa shape index (κ1) is 6.23. The van der Waals surface area contributed by atoms with E-state index in [0.29, 0.717) is 0 Å². The van der Waals surface area contributed by atoms with Gasteiger partial charge in [-0.2, -0.15) is 5.26 Å². The van der Waals surface area contributed by atoms with Crippen LogP contribution < -0.4 is 0 Å². The molecule has 1 aromatic carbocycles. The van der Waals surface area contributed by atoms with E-state index in [0.717, 1.165) is 13.1 Å². The predicted molar refractivity (Wildman–Crippen MR) is 41.3 cm³/mol. The number of rotatable bonds is 0. The largest absolute Gasteiger partial charge is 0.302 e. The van der Waals surface area contributed by atoms with Gasteiger partial charge in [0, 0.05) is 0 Å². The molecule has 1 aliphatic rings. The van der Waals surface area contributed by atoms with Gasteiger partial charge in [-0.1, -0.05) is 24.3 Å². The van der Waals surface area contributed by atoms with E-state index < -0.39 is 0 Å². The van der Waals surface area contributed by atoms with Gasteiger partial charge in [-0.15, -0.1) is 0 Å². The SMILES string of the molecule is N#CN1Cc2ccccc2C1. The van der Waals surface area contributed by atoms with Crippen molar-refractivity contribution < 1.29 is 0 Å². The molecule has 0 amide bonds. The molecule has 0 bridgehead atoms. The quantitative estimate of drug-likeness (QED) is 0.516. The maximum Gasteiger partial charge on any atom is 0.179 e. The van der Waals surface area contributed by atoms with Crippen molar-refractivity contribution in [2.24, 2.45) is 0 Å². The summed E-state index contributed by atoms with van der Waals surface area (Å²) in [7, 11) is 0. The maximum atomic E-state index is 8.61. The van der Waals surface area contributed by atoms with E-state index in [-0.39, 0.29) is 0 Å². The van der Waals surface area contributed by atoms with Crippen LogP contribution in [0.5, 0.6) is 0 Å². The standard InChI is InChI=1S/C9H8N2/c10-7-11-5-8-3-1-2-4-9(8)6-11/h1-4H,5-6H2. The van der Waals surface area contributed by atoms with Crippen molar-refractivity contribution in [1.29, 1.82) is 5.26 Å². The summed E-state index contributed by atoms with van der Waals surface area (Å²) in [4.78, 5) is 1.75. The van der Waals surface area contributed by atoms with Gasteiger partial charge >= 0.3 is 0 Å². The summed E-state index contributed by atoms with van der Waals surface area (Å²) in [6.07, 6.45) is 2.14. The average Bonchev–Trinajstić information content (AvgIpc) is 2.46. The van der Waals surface area contributed by atoms with Crippen molar-refractivity contribution in [2.45, 2.75) is 13.1 Å². The lowest BCUT2D eigenvalue weighted by atomic mass is 10.1. The molecule has 1 aromatic rings. The normalized spacial score (nSPS) is 14.3. The lowest BCUT2D eigenvalue weighted by Gasteiger charge is -2.01. The fraction of sp³-hybridized carbons (Fsp3) is 0.222. The Morgan fingerprint density at radius 1 is 1.18 bits per heavy atom. The van der Waals surface area contributed by atoms with E-state index in [4.69, 9.17) is 5.26 Å². The van der Waals surface area contributed by atoms with E-state index in [9.17, 15) is 0 Å². The Balaban J connectivity index is 2.35. The van der Waals surface area contributed by atoms with Crippen LogP contribution in [0.3, 0.4) is 0 Å². The van der Waals surface area contributed by atoms with Crippen molar-refractivity contribution in [1.82, 2.24) is 4.90 Å². The topological polar surface area (TPSA) is 27.0 Å². The number of hydrogen-bond acceptors (Lipinski definition) is 2. The monoisotopic (exact) mass is 144 g/mol. The fourth-order valence-electron chi connectivity index (χ4n) is 1.40. The summed E-state index contributed by atoms with van der Waals surface area (Å²) >= 11 is 0. The number of nitrogens with zero attached hydrogens (tertiary/aromatic N) is 2. The van der Waals surface area contributed by atoms with Crippen molar-refractivity contribution in [2.75, 3.05) is 0 Å².